The Hall–Kier alpha value is -1.50. The minimum atomic E-state index is 0.681. The summed E-state index contributed by atoms with van der Waals surface area (Å²) in [5.74, 6) is 0.954. The fourth-order valence-electron chi connectivity index (χ4n) is 1.65. The van der Waals surface area contributed by atoms with Gasteiger partial charge in [0.1, 0.15) is 12.4 Å². The maximum Gasteiger partial charge on any atom is 0.120 e. The van der Waals surface area contributed by atoms with E-state index in [1.165, 1.54) is 11.1 Å². The molecule has 0 saturated heterocycles. The van der Waals surface area contributed by atoms with E-state index in [1.54, 1.807) is 0 Å². The first kappa shape index (κ1) is 13.6. The minimum absolute atomic E-state index is 0.681. The summed E-state index contributed by atoms with van der Waals surface area (Å²) < 4.78 is 5.71. The first-order valence-electron chi connectivity index (χ1n) is 6.39. The molecule has 1 aliphatic carbocycles. The van der Waals surface area contributed by atoms with Gasteiger partial charge >= 0.3 is 0 Å². The Kier molecular flexibility index (Phi) is 6.16. The number of allylic oxidation sites excluding steroid dienone is 2. The van der Waals surface area contributed by atoms with Gasteiger partial charge in [-0.2, -0.15) is 0 Å². The van der Waals surface area contributed by atoms with E-state index < -0.39 is 0 Å². The van der Waals surface area contributed by atoms with Crippen LogP contribution in [0.5, 0.6) is 5.75 Å². The van der Waals surface area contributed by atoms with E-state index in [0.717, 1.165) is 18.6 Å². The third-order valence-corrected chi connectivity index (χ3v) is 2.47. The van der Waals surface area contributed by atoms with Gasteiger partial charge in [-0.05, 0) is 43.0 Å². The van der Waals surface area contributed by atoms with Gasteiger partial charge in [-0.15, -0.1) is 0 Å². The maximum atomic E-state index is 5.71. The predicted octanol–water partition coefficient (Wildman–Crippen LogP) is 4.68. The topological polar surface area (TPSA) is 9.23 Å². The van der Waals surface area contributed by atoms with Crippen LogP contribution < -0.4 is 4.74 Å². The third-order valence-electron chi connectivity index (χ3n) is 2.47. The zero-order chi connectivity index (χ0) is 12.5. The molecular weight excluding hydrogens is 208 g/mol. The van der Waals surface area contributed by atoms with E-state index >= 15 is 0 Å². The van der Waals surface area contributed by atoms with Gasteiger partial charge in [-0.25, -0.2) is 0 Å². The Morgan fingerprint density at radius 3 is 2.65 bits per heavy atom. The Morgan fingerprint density at radius 2 is 2.00 bits per heavy atom. The Bertz CT molecular complexity index is 388. The first-order chi connectivity index (χ1) is 8.34. The second-order valence-electron chi connectivity index (χ2n) is 3.86. The molecule has 0 heterocycles. The van der Waals surface area contributed by atoms with Gasteiger partial charge in [0, 0.05) is 0 Å². The van der Waals surface area contributed by atoms with Crippen LogP contribution in [0, 0.1) is 6.92 Å². The lowest BCUT2D eigenvalue weighted by Crippen LogP contribution is -2.01. The number of ether oxygens (including phenoxy) is 1. The fourth-order valence-corrected chi connectivity index (χ4v) is 1.65. The van der Waals surface area contributed by atoms with Crippen molar-refractivity contribution in [2.45, 2.75) is 33.6 Å². The molecule has 1 heteroatoms. The average molecular weight is 230 g/mol. The monoisotopic (exact) mass is 230 g/mol. The largest absolute Gasteiger partial charge is 0.489 e. The average Bonchev–Trinajstić information content (AvgIpc) is 2.40. The van der Waals surface area contributed by atoms with Crippen molar-refractivity contribution in [2.75, 3.05) is 6.61 Å². The summed E-state index contributed by atoms with van der Waals surface area (Å²) in [6, 6.07) is 8.16. The lowest BCUT2D eigenvalue weighted by Gasteiger charge is -2.09. The molecule has 1 aromatic rings. The van der Waals surface area contributed by atoms with Gasteiger partial charge in [0.25, 0.3) is 0 Å². The van der Waals surface area contributed by atoms with E-state index in [9.17, 15) is 0 Å². The molecule has 0 unspecified atom stereocenters. The highest BCUT2D eigenvalue weighted by molar-refractivity contribution is 5.29. The standard InChI is InChI=1S/C14H16O.C2H6/c1-12-6-5-9-14(10-12)15-11-13-7-3-2-4-8-13;1-2/h3,5-10H,2,4,11H2,1H3;1-2H3. The zero-order valence-electron chi connectivity index (χ0n) is 11.1. The van der Waals surface area contributed by atoms with Crippen LogP contribution in [0.1, 0.15) is 32.3 Å². The smallest absolute Gasteiger partial charge is 0.120 e. The molecule has 1 aliphatic rings. The van der Waals surface area contributed by atoms with Crippen molar-refractivity contribution in [1.82, 2.24) is 0 Å². The van der Waals surface area contributed by atoms with Crippen LogP contribution in [-0.4, -0.2) is 6.61 Å². The predicted molar refractivity (Wildman–Crippen MR) is 74.5 cm³/mol. The summed E-state index contributed by atoms with van der Waals surface area (Å²) >= 11 is 0. The normalized spacial score (nSPS) is 13.5. The van der Waals surface area contributed by atoms with Crippen molar-refractivity contribution in [3.05, 3.63) is 53.6 Å². The highest BCUT2D eigenvalue weighted by Crippen LogP contribution is 2.15. The van der Waals surface area contributed by atoms with E-state index in [4.69, 9.17) is 4.74 Å². The van der Waals surface area contributed by atoms with Gasteiger partial charge in [0.15, 0.2) is 0 Å². The van der Waals surface area contributed by atoms with E-state index in [1.807, 2.05) is 26.0 Å². The molecule has 0 fully saturated rings. The van der Waals surface area contributed by atoms with Crippen LogP contribution in [0.4, 0.5) is 0 Å². The summed E-state index contributed by atoms with van der Waals surface area (Å²) in [7, 11) is 0. The highest BCUT2D eigenvalue weighted by atomic mass is 16.5. The van der Waals surface area contributed by atoms with Gasteiger partial charge < -0.3 is 4.74 Å². The Morgan fingerprint density at radius 1 is 1.18 bits per heavy atom. The molecule has 0 aliphatic heterocycles. The van der Waals surface area contributed by atoms with Crippen LogP contribution >= 0.6 is 0 Å². The first-order valence-corrected chi connectivity index (χ1v) is 6.39. The van der Waals surface area contributed by atoms with Crippen molar-refractivity contribution < 1.29 is 4.74 Å². The Balaban J connectivity index is 0.000000686. The van der Waals surface area contributed by atoms with Crippen LogP contribution in [0.15, 0.2) is 48.1 Å². The molecule has 92 valence electrons. The molecule has 1 nitrogen and oxygen atoms in total. The summed E-state index contributed by atoms with van der Waals surface area (Å²) in [6.07, 6.45) is 8.90. The Labute approximate surface area is 105 Å². The molecule has 17 heavy (non-hydrogen) atoms. The second-order valence-corrected chi connectivity index (χ2v) is 3.86. The number of aryl methyl sites for hydroxylation is 1. The molecule has 0 amide bonds. The summed E-state index contributed by atoms with van der Waals surface area (Å²) in [4.78, 5) is 0. The van der Waals surface area contributed by atoms with E-state index in [-0.39, 0.29) is 0 Å². The number of hydrogen-bond acceptors (Lipinski definition) is 1. The van der Waals surface area contributed by atoms with Crippen molar-refractivity contribution in [2.24, 2.45) is 0 Å². The second kappa shape index (κ2) is 7.72. The number of hydrogen-bond donors (Lipinski definition) is 0. The van der Waals surface area contributed by atoms with Gasteiger partial charge in [0.2, 0.25) is 0 Å². The van der Waals surface area contributed by atoms with E-state index in [0.29, 0.717) is 6.61 Å². The molecule has 0 radical (unpaired) electrons. The molecule has 0 atom stereocenters. The molecule has 0 bridgehead atoms. The van der Waals surface area contributed by atoms with Crippen molar-refractivity contribution >= 4 is 0 Å². The highest BCUT2D eigenvalue weighted by Gasteiger charge is 1.99. The van der Waals surface area contributed by atoms with Crippen LogP contribution in [-0.2, 0) is 0 Å². The minimum Gasteiger partial charge on any atom is -0.489 e. The van der Waals surface area contributed by atoms with Gasteiger partial charge in [0.05, 0.1) is 0 Å². The number of benzene rings is 1. The van der Waals surface area contributed by atoms with E-state index in [2.05, 4.69) is 37.3 Å². The summed E-state index contributed by atoms with van der Waals surface area (Å²) in [5, 5.41) is 0. The maximum absolute atomic E-state index is 5.71. The van der Waals surface area contributed by atoms with Crippen molar-refractivity contribution in [3.63, 3.8) is 0 Å². The lowest BCUT2D eigenvalue weighted by atomic mass is 10.1. The van der Waals surface area contributed by atoms with Gasteiger partial charge in [-0.1, -0.05) is 44.2 Å². The molecule has 2 rings (SSSR count). The van der Waals surface area contributed by atoms with Crippen LogP contribution in [0.3, 0.4) is 0 Å². The molecular formula is C16H22O. The zero-order valence-corrected chi connectivity index (χ0v) is 11.1. The summed E-state index contributed by atoms with van der Waals surface area (Å²) in [6.45, 7) is 6.76. The molecule has 0 saturated carbocycles. The quantitative estimate of drug-likeness (QED) is 0.732. The molecule has 1 aromatic carbocycles. The molecule has 0 spiro atoms. The third kappa shape index (κ3) is 4.90. The van der Waals surface area contributed by atoms with Gasteiger partial charge in [-0.3, -0.25) is 0 Å². The fraction of sp³-hybridized carbons (Fsp3) is 0.375. The van der Waals surface area contributed by atoms with Crippen molar-refractivity contribution in [1.29, 1.82) is 0 Å². The summed E-state index contributed by atoms with van der Waals surface area (Å²) in [5.41, 5.74) is 2.52. The SMILES string of the molecule is CC.Cc1cccc(OCC2=CCCC=C2)c1. The molecule has 0 aromatic heterocycles. The van der Waals surface area contributed by atoms with Crippen LogP contribution in [0.2, 0.25) is 0 Å². The van der Waals surface area contributed by atoms with Crippen molar-refractivity contribution in [3.8, 4) is 5.75 Å². The molecule has 0 N–H and O–H groups in total. The van der Waals surface area contributed by atoms with Crippen LogP contribution in [0.25, 0.3) is 0 Å². The number of rotatable bonds is 3. The lowest BCUT2D eigenvalue weighted by molar-refractivity contribution is 0.354.